The topological polar surface area (TPSA) is 67.2 Å². The SMILES string of the molecule is O=C(Cn1cnc2ccccc21)NCC1CCC(O)C1. The first kappa shape index (κ1) is 13.1. The first-order valence-corrected chi connectivity index (χ1v) is 7.07. The Balaban J connectivity index is 1.56. The lowest BCUT2D eigenvalue weighted by Crippen LogP contribution is -2.31. The second-order valence-corrected chi connectivity index (χ2v) is 5.50. The third kappa shape index (κ3) is 2.82. The molecular weight excluding hydrogens is 254 g/mol. The fourth-order valence-corrected chi connectivity index (χ4v) is 2.84. The number of nitrogens with zero attached hydrogens (tertiary/aromatic N) is 2. The van der Waals surface area contributed by atoms with Crippen LogP contribution in [0.15, 0.2) is 30.6 Å². The van der Waals surface area contributed by atoms with Crippen LogP contribution in [0.3, 0.4) is 0 Å². The average molecular weight is 273 g/mol. The van der Waals surface area contributed by atoms with E-state index in [1.54, 1.807) is 6.33 Å². The maximum absolute atomic E-state index is 12.0. The summed E-state index contributed by atoms with van der Waals surface area (Å²) < 4.78 is 1.86. The third-order valence-electron chi connectivity index (χ3n) is 3.94. The predicted molar refractivity (Wildman–Crippen MR) is 76.1 cm³/mol. The van der Waals surface area contributed by atoms with Crippen molar-refractivity contribution in [3.05, 3.63) is 30.6 Å². The van der Waals surface area contributed by atoms with Crippen LogP contribution in [0.1, 0.15) is 19.3 Å². The van der Waals surface area contributed by atoms with Crippen molar-refractivity contribution in [3.63, 3.8) is 0 Å². The monoisotopic (exact) mass is 273 g/mol. The molecule has 0 saturated heterocycles. The Morgan fingerprint density at radius 1 is 1.40 bits per heavy atom. The van der Waals surface area contributed by atoms with Crippen LogP contribution < -0.4 is 5.32 Å². The van der Waals surface area contributed by atoms with E-state index in [1.165, 1.54) is 0 Å². The number of nitrogens with one attached hydrogen (secondary N) is 1. The van der Waals surface area contributed by atoms with Gasteiger partial charge in [0, 0.05) is 6.54 Å². The molecule has 20 heavy (non-hydrogen) atoms. The van der Waals surface area contributed by atoms with Crippen LogP contribution in [0.5, 0.6) is 0 Å². The number of aromatic nitrogens is 2. The summed E-state index contributed by atoms with van der Waals surface area (Å²) in [4.78, 5) is 16.2. The lowest BCUT2D eigenvalue weighted by atomic mass is 10.1. The van der Waals surface area contributed by atoms with Gasteiger partial charge in [0.1, 0.15) is 6.54 Å². The number of benzene rings is 1. The number of aliphatic hydroxyl groups is 1. The Kier molecular flexibility index (Phi) is 3.69. The lowest BCUT2D eigenvalue weighted by Gasteiger charge is -2.11. The summed E-state index contributed by atoms with van der Waals surface area (Å²) >= 11 is 0. The van der Waals surface area contributed by atoms with Crippen molar-refractivity contribution >= 4 is 16.9 Å². The first-order valence-electron chi connectivity index (χ1n) is 7.07. The first-order chi connectivity index (χ1) is 9.72. The molecule has 5 nitrogen and oxygen atoms in total. The summed E-state index contributed by atoms with van der Waals surface area (Å²) in [7, 11) is 0. The summed E-state index contributed by atoms with van der Waals surface area (Å²) in [6, 6.07) is 7.77. The van der Waals surface area contributed by atoms with Crippen molar-refractivity contribution in [2.45, 2.75) is 31.9 Å². The molecule has 1 amide bonds. The molecular formula is C15H19N3O2. The highest BCUT2D eigenvalue weighted by Gasteiger charge is 2.22. The van der Waals surface area contributed by atoms with Crippen LogP contribution in [-0.4, -0.2) is 33.2 Å². The molecule has 0 aliphatic heterocycles. The number of amides is 1. The Hall–Kier alpha value is -1.88. The zero-order chi connectivity index (χ0) is 13.9. The maximum Gasteiger partial charge on any atom is 0.240 e. The van der Waals surface area contributed by atoms with Crippen molar-refractivity contribution in [1.82, 2.24) is 14.9 Å². The van der Waals surface area contributed by atoms with Crippen LogP contribution in [0.25, 0.3) is 11.0 Å². The fraction of sp³-hybridized carbons (Fsp3) is 0.467. The zero-order valence-electron chi connectivity index (χ0n) is 11.3. The second-order valence-electron chi connectivity index (χ2n) is 5.50. The summed E-state index contributed by atoms with van der Waals surface area (Å²) in [6.45, 7) is 0.943. The molecule has 1 aliphatic rings. The van der Waals surface area contributed by atoms with Crippen molar-refractivity contribution < 1.29 is 9.90 Å². The van der Waals surface area contributed by atoms with Crippen LogP contribution in [0.4, 0.5) is 0 Å². The number of carbonyl (C=O) groups is 1. The van der Waals surface area contributed by atoms with Gasteiger partial charge in [0.15, 0.2) is 0 Å². The summed E-state index contributed by atoms with van der Waals surface area (Å²) in [5.41, 5.74) is 1.87. The summed E-state index contributed by atoms with van der Waals surface area (Å²) in [5, 5.41) is 12.4. The van der Waals surface area contributed by atoms with Gasteiger partial charge in [0.05, 0.1) is 23.5 Å². The molecule has 0 spiro atoms. The highest BCUT2D eigenvalue weighted by Crippen LogP contribution is 2.24. The number of imidazole rings is 1. The Morgan fingerprint density at radius 2 is 2.25 bits per heavy atom. The van der Waals surface area contributed by atoms with E-state index in [0.717, 1.165) is 30.3 Å². The van der Waals surface area contributed by atoms with E-state index in [-0.39, 0.29) is 18.6 Å². The van der Waals surface area contributed by atoms with Crippen molar-refractivity contribution in [2.24, 2.45) is 5.92 Å². The van der Waals surface area contributed by atoms with E-state index in [2.05, 4.69) is 10.3 Å². The van der Waals surface area contributed by atoms with Gasteiger partial charge in [-0.15, -0.1) is 0 Å². The molecule has 2 unspecified atom stereocenters. The smallest absolute Gasteiger partial charge is 0.240 e. The van der Waals surface area contributed by atoms with Crippen molar-refractivity contribution in [1.29, 1.82) is 0 Å². The zero-order valence-corrected chi connectivity index (χ0v) is 11.3. The van der Waals surface area contributed by atoms with Crippen LogP contribution in [0, 0.1) is 5.92 Å². The van der Waals surface area contributed by atoms with Gasteiger partial charge in [0.25, 0.3) is 0 Å². The molecule has 1 aliphatic carbocycles. The number of hydrogen-bond donors (Lipinski definition) is 2. The molecule has 0 bridgehead atoms. The Morgan fingerprint density at radius 3 is 3.05 bits per heavy atom. The molecule has 1 heterocycles. The van der Waals surface area contributed by atoms with Gasteiger partial charge in [-0.1, -0.05) is 12.1 Å². The number of rotatable bonds is 4. The Bertz CT molecular complexity index is 608. The molecule has 3 rings (SSSR count). The molecule has 1 aromatic heterocycles. The molecule has 1 fully saturated rings. The lowest BCUT2D eigenvalue weighted by molar-refractivity contribution is -0.121. The number of para-hydroxylation sites is 2. The van der Waals surface area contributed by atoms with Crippen LogP contribution in [0.2, 0.25) is 0 Å². The number of hydrogen-bond acceptors (Lipinski definition) is 3. The molecule has 1 saturated carbocycles. The largest absolute Gasteiger partial charge is 0.393 e. The van der Waals surface area contributed by atoms with Gasteiger partial charge in [-0.25, -0.2) is 4.98 Å². The highest BCUT2D eigenvalue weighted by atomic mass is 16.3. The maximum atomic E-state index is 12.0. The molecule has 2 N–H and O–H groups in total. The van der Waals surface area contributed by atoms with Crippen molar-refractivity contribution in [2.75, 3.05) is 6.54 Å². The quantitative estimate of drug-likeness (QED) is 0.882. The van der Waals surface area contributed by atoms with E-state index >= 15 is 0 Å². The molecule has 0 radical (unpaired) electrons. The second kappa shape index (κ2) is 5.63. The van der Waals surface area contributed by atoms with E-state index in [9.17, 15) is 9.90 Å². The predicted octanol–water partition coefficient (Wildman–Crippen LogP) is 1.31. The third-order valence-corrected chi connectivity index (χ3v) is 3.94. The summed E-state index contributed by atoms with van der Waals surface area (Å²) in [6.07, 6.45) is 4.16. The van der Waals surface area contributed by atoms with Gasteiger partial charge in [-0.2, -0.15) is 0 Å². The average Bonchev–Trinajstić information content (AvgIpc) is 3.04. The Labute approximate surface area is 117 Å². The molecule has 1 aromatic carbocycles. The van der Waals surface area contributed by atoms with E-state index in [1.807, 2.05) is 28.8 Å². The van der Waals surface area contributed by atoms with E-state index in [4.69, 9.17) is 0 Å². The van der Waals surface area contributed by atoms with E-state index < -0.39 is 0 Å². The van der Waals surface area contributed by atoms with Crippen LogP contribution in [-0.2, 0) is 11.3 Å². The highest BCUT2D eigenvalue weighted by molar-refractivity contribution is 5.80. The minimum atomic E-state index is -0.186. The van der Waals surface area contributed by atoms with Crippen molar-refractivity contribution in [3.8, 4) is 0 Å². The normalized spacial score (nSPS) is 22.2. The number of fused-ring (bicyclic) bond motifs is 1. The fourth-order valence-electron chi connectivity index (χ4n) is 2.84. The van der Waals surface area contributed by atoms with Crippen LogP contribution >= 0.6 is 0 Å². The van der Waals surface area contributed by atoms with Gasteiger partial charge in [0.2, 0.25) is 5.91 Å². The van der Waals surface area contributed by atoms with Gasteiger partial charge in [-0.05, 0) is 37.3 Å². The summed E-state index contributed by atoms with van der Waals surface area (Å²) in [5.74, 6) is 0.406. The van der Waals surface area contributed by atoms with Gasteiger partial charge >= 0.3 is 0 Å². The van der Waals surface area contributed by atoms with Gasteiger partial charge in [-0.3, -0.25) is 4.79 Å². The minimum absolute atomic E-state index is 0.00505. The molecule has 5 heteroatoms. The van der Waals surface area contributed by atoms with Gasteiger partial charge < -0.3 is 15.0 Å². The molecule has 2 aromatic rings. The molecule has 106 valence electrons. The van der Waals surface area contributed by atoms with E-state index in [0.29, 0.717) is 12.5 Å². The minimum Gasteiger partial charge on any atom is -0.393 e. The number of carbonyl (C=O) groups excluding carboxylic acids is 1. The molecule has 2 atom stereocenters. The standard InChI is InChI=1S/C15H19N3O2/c19-12-6-5-11(7-12)8-16-15(20)9-18-10-17-13-3-1-2-4-14(13)18/h1-4,10-12,19H,5-9H2,(H,16,20). The number of aliphatic hydroxyl groups excluding tert-OH is 1.